The van der Waals surface area contributed by atoms with E-state index >= 15 is 0 Å². The fourth-order valence-electron chi connectivity index (χ4n) is 8.30. The number of aryl methyl sites for hydroxylation is 1. The number of fused-ring (bicyclic) bond motifs is 1. The van der Waals surface area contributed by atoms with E-state index in [4.69, 9.17) is 9.97 Å². The number of anilines is 2. The lowest BCUT2D eigenvalue weighted by Gasteiger charge is -2.56. The van der Waals surface area contributed by atoms with Gasteiger partial charge in [0.25, 0.3) is 0 Å². The number of urea groups is 1. The molecule has 7 nitrogen and oxygen atoms in total. The Morgan fingerprint density at radius 1 is 0.882 bits per heavy atom. The van der Waals surface area contributed by atoms with Crippen LogP contribution in [0.15, 0.2) is 0 Å². The fraction of sp³-hybridized carbons (Fsp3) is 0.815. The number of nitrogens with zero attached hydrogens (tertiary/aromatic N) is 3. The lowest BCUT2D eigenvalue weighted by atomic mass is 9.53. The Bertz CT molecular complexity index is 887. The summed E-state index contributed by atoms with van der Waals surface area (Å²) in [5.74, 6) is 4.41. The molecule has 3 N–H and O–H groups in total. The highest BCUT2D eigenvalue weighted by molar-refractivity contribution is 5.75. The van der Waals surface area contributed by atoms with Gasteiger partial charge >= 0.3 is 6.03 Å². The quantitative estimate of drug-likeness (QED) is 0.599. The van der Waals surface area contributed by atoms with Gasteiger partial charge in [-0.2, -0.15) is 4.98 Å². The van der Waals surface area contributed by atoms with Crippen molar-refractivity contribution < 1.29 is 4.79 Å². The first-order valence-corrected chi connectivity index (χ1v) is 13.9. The zero-order valence-corrected chi connectivity index (χ0v) is 21.0. The molecule has 0 aliphatic heterocycles. The second-order valence-corrected chi connectivity index (χ2v) is 12.4. The average molecular weight is 467 g/mol. The van der Waals surface area contributed by atoms with Crippen molar-refractivity contribution >= 4 is 17.8 Å². The van der Waals surface area contributed by atoms with Crippen LogP contribution in [0.1, 0.15) is 88.3 Å². The van der Waals surface area contributed by atoms with Crippen LogP contribution in [0.25, 0.3) is 0 Å². The molecule has 5 fully saturated rings. The maximum Gasteiger partial charge on any atom is 0.315 e. The van der Waals surface area contributed by atoms with Gasteiger partial charge < -0.3 is 20.9 Å². The zero-order valence-electron chi connectivity index (χ0n) is 21.0. The largest absolute Gasteiger partial charge is 0.362 e. The molecule has 5 saturated carbocycles. The average Bonchev–Trinajstić information content (AvgIpc) is 2.78. The molecule has 6 aliphatic rings. The van der Waals surface area contributed by atoms with E-state index in [9.17, 15) is 4.79 Å². The molecule has 186 valence electrons. The molecule has 1 aromatic heterocycles. The van der Waals surface area contributed by atoms with Crippen LogP contribution in [0, 0.1) is 17.8 Å². The molecule has 0 atom stereocenters. The molecule has 1 aromatic rings. The second kappa shape index (κ2) is 8.87. The normalized spacial score (nSPS) is 36.0. The molecule has 1 heterocycles. The van der Waals surface area contributed by atoms with Crippen molar-refractivity contribution in [1.82, 2.24) is 20.6 Å². The fourth-order valence-corrected chi connectivity index (χ4v) is 8.30. The van der Waals surface area contributed by atoms with E-state index < -0.39 is 0 Å². The van der Waals surface area contributed by atoms with Crippen molar-refractivity contribution in [2.75, 3.05) is 24.3 Å². The van der Waals surface area contributed by atoms with Crippen molar-refractivity contribution in [3.63, 3.8) is 0 Å². The van der Waals surface area contributed by atoms with E-state index in [0.29, 0.717) is 6.04 Å². The van der Waals surface area contributed by atoms with Gasteiger partial charge in [-0.1, -0.05) is 0 Å². The predicted molar refractivity (Wildman–Crippen MR) is 135 cm³/mol. The van der Waals surface area contributed by atoms with Crippen LogP contribution in [-0.4, -0.2) is 47.7 Å². The Balaban J connectivity index is 1.01. The van der Waals surface area contributed by atoms with Gasteiger partial charge in [0.2, 0.25) is 5.95 Å². The smallest absolute Gasteiger partial charge is 0.315 e. The van der Waals surface area contributed by atoms with Crippen LogP contribution < -0.4 is 20.9 Å². The summed E-state index contributed by atoms with van der Waals surface area (Å²) in [7, 11) is 4.15. The maximum atomic E-state index is 12.9. The van der Waals surface area contributed by atoms with Crippen LogP contribution in [0.5, 0.6) is 0 Å². The van der Waals surface area contributed by atoms with Crippen molar-refractivity contribution in [2.24, 2.45) is 17.8 Å². The van der Waals surface area contributed by atoms with E-state index in [1.165, 1.54) is 62.6 Å². The van der Waals surface area contributed by atoms with Crippen LogP contribution in [0.2, 0.25) is 0 Å². The molecule has 7 heteroatoms. The molecule has 34 heavy (non-hydrogen) atoms. The third-order valence-electron chi connectivity index (χ3n) is 9.40. The summed E-state index contributed by atoms with van der Waals surface area (Å²) in [6.45, 7) is 0. The van der Waals surface area contributed by atoms with Gasteiger partial charge in [0.15, 0.2) is 0 Å². The lowest BCUT2D eigenvalue weighted by molar-refractivity contribution is -0.0137. The number of carbonyl (C=O) groups excluding carboxylic acids is 1. The SMILES string of the molecule is CN(C)c1nc(N[C@H]2CC[C@@H](NC(=O)NC34CC5CC(CC(C5)C3)C4)CC2)nc2c1CCCC2. The van der Waals surface area contributed by atoms with Crippen LogP contribution >= 0.6 is 0 Å². The predicted octanol–water partition coefficient (Wildman–Crippen LogP) is 4.41. The van der Waals surface area contributed by atoms with Crippen LogP contribution in [-0.2, 0) is 12.8 Å². The van der Waals surface area contributed by atoms with Gasteiger partial charge in [-0.3, -0.25) is 0 Å². The number of hydrogen-bond acceptors (Lipinski definition) is 5. The van der Waals surface area contributed by atoms with Crippen molar-refractivity contribution in [3.8, 4) is 0 Å². The lowest BCUT2D eigenvalue weighted by Crippen LogP contribution is -2.62. The van der Waals surface area contributed by atoms with Crippen molar-refractivity contribution in [1.29, 1.82) is 0 Å². The molecule has 0 spiro atoms. The molecule has 0 saturated heterocycles. The summed E-state index contributed by atoms with van der Waals surface area (Å²) in [6, 6.07) is 0.724. The van der Waals surface area contributed by atoms with Crippen LogP contribution in [0.4, 0.5) is 16.6 Å². The van der Waals surface area contributed by atoms with E-state index in [-0.39, 0.29) is 17.6 Å². The molecule has 2 amide bonds. The number of carbonyl (C=O) groups is 1. The molecule has 7 rings (SSSR count). The minimum atomic E-state index is 0.0759. The molecule has 0 radical (unpaired) electrons. The Kier molecular flexibility index (Phi) is 5.85. The second-order valence-electron chi connectivity index (χ2n) is 12.4. The number of amides is 2. The van der Waals surface area contributed by atoms with Gasteiger partial charge in [0.05, 0.1) is 5.69 Å². The highest BCUT2D eigenvalue weighted by Gasteiger charge is 2.51. The first kappa shape index (κ1) is 22.4. The summed E-state index contributed by atoms with van der Waals surface area (Å²) in [5, 5.41) is 10.4. The molecule has 6 aliphatic carbocycles. The first-order valence-electron chi connectivity index (χ1n) is 13.9. The Morgan fingerprint density at radius 2 is 1.50 bits per heavy atom. The standard InChI is InChI=1S/C27H42N6O/c1-33(2)24-22-5-3-4-6-23(22)30-25(31-24)28-20-7-9-21(10-8-20)29-26(34)32-27-14-17-11-18(15-27)13-19(12-17)16-27/h17-21H,3-16H2,1-2H3,(H,28,30,31)(H2,29,32,34)/t17?,18?,19?,20-,21+,27?. The minimum Gasteiger partial charge on any atom is -0.362 e. The summed E-state index contributed by atoms with van der Waals surface area (Å²) in [4.78, 5) is 24.8. The monoisotopic (exact) mass is 466 g/mol. The summed E-state index contributed by atoms with van der Waals surface area (Å²) in [6.07, 6.45) is 16.5. The van der Waals surface area contributed by atoms with E-state index in [2.05, 4.69) is 34.9 Å². The molecular weight excluding hydrogens is 424 g/mol. The first-order chi connectivity index (χ1) is 16.4. The van der Waals surface area contributed by atoms with Crippen LogP contribution in [0.3, 0.4) is 0 Å². The molecule has 0 aromatic carbocycles. The third-order valence-corrected chi connectivity index (χ3v) is 9.40. The molecular formula is C27H42N6O. The van der Waals surface area contributed by atoms with E-state index in [1.54, 1.807) is 0 Å². The summed E-state index contributed by atoms with van der Waals surface area (Å²) < 4.78 is 0. The third kappa shape index (κ3) is 4.47. The van der Waals surface area contributed by atoms with Crippen molar-refractivity contribution in [2.45, 2.75) is 108 Å². The van der Waals surface area contributed by atoms with Crippen molar-refractivity contribution in [3.05, 3.63) is 11.3 Å². The number of aromatic nitrogens is 2. The highest BCUT2D eigenvalue weighted by Crippen LogP contribution is 2.55. The van der Waals surface area contributed by atoms with Gasteiger partial charge in [0, 0.05) is 37.3 Å². The Morgan fingerprint density at radius 3 is 2.15 bits per heavy atom. The highest BCUT2D eigenvalue weighted by atomic mass is 16.2. The molecule has 4 bridgehead atoms. The van der Waals surface area contributed by atoms with E-state index in [1.807, 2.05) is 0 Å². The number of rotatable bonds is 5. The number of nitrogens with one attached hydrogen (secondary N) is 3. The summed E-state index contributed by atoms with van der Waals surface area (Å²) in [5.41, 5.74) is 2.65. The Labute approximate surface area is 204 Å². The van der Waals surface area contributed by atoms with E-state index in [0.717, 1.165) is 68.0 Å². The zero-order chi connectivity index (χ0) is 23.3. The van der Waals surface area contributed by atoms with Gasteiger partial charge in [0.1, 0.15) is 5.82 Å². The molecule has 0 unspecified atom stereocenters. The maximum absolute atomic E-state index is 12.9. The Hall–Kier alpha value is -2.05. The topological polar surface area (TPSA) is 82.2 Å². The van der Waals surface area contributed by atoms with Gasteiger partial charge in [-0.25, -0.2) is 9.78 Å². The minimum absolute atomic E-state index is 0.0759. The van der Waals surface area contributed by atoms with Gasteiger partial charge in [-0.15, -0.1) is 0 Å². The van der Waals surface area contributed by atoms with Gasteiger partial charge in [-0.05, 0) is 108 Å². The number of hydrogen-bond donors (Lipinski definition) is 3. The summed E-state index contributed by atoms with van der Waals surface area (Å²) >= 11 is 0.